The van der Waals surface area contributed by atoms with Crippen LogP contribution in [0.1, 0.15) is 0 Å². The largest absolute Gasteiger partial charge is 0.482 e. The van der Waals surface area contributed by atoms with Crippen LogP contribution < -0.4 is 10.1 Å². The van der Waals surface area contributed by atoms with Crippen LogP contribution in [0.15, 0.2) is 24.3 Å². The number of carbonyl (C=O) groups excluding carboxylic acids is 1. The van der Waals surface area contributed by atoms with Crippen molar-refractivity contribution in [3.8, 4) is 5.75 Å². The van der Waals surface area contributed by atoms with Gasteiger partial charge >= 0.3 is 0 Å². The number of amides is 1. The van der Waals surface area contributed by atoms with E-state index >= 15 is 0 Å². The molecule has 1 aromatic rings. The van der Waals surface area contributed by atoms with Crippen molar-refractivity contribution >= 4 is 11.6 Å². The summed E-state index contributed by atoms with van der Waals surface area (Å²) in [5.74, 6) is 0.673. The lowest BCUT2D eigenvalue weighted by Gasteiger charge is -2.20. The molecule has 0 heterocycles. The van der Waals surface area contributed by atoms with Gasteiger partial charge in [0, 0.05) is 27.2 Å². The number of likely N-dealkylation sites (N-methyl/N-ethyl adjacent to an activating group) is 2. The zero-order chi connectivity index (χ0) is 14.3. The average Bonchev–Trinajstić information content (AvgIpc) is 2.42. The number of nitrogens with one attached hydrogen (secondary N) is 1. The summed E-state index contributed by atoms with van der Waals surface area (Å²) in [6.07, 6.45) is 0. The van der Waals surface area contributed by atoms with Crippen LogP contribution in [0.5, 0.6) is 5.75 Å². The predicted molar refractivity (Wildman–Crippen MR) is 77.7 cm³/mol. The minimum absolute atomic E-state index is 0.0206. The van der Waals surface area contributed by atoms with Crippen LogP contribution in [0.4, 0.5) is 5.69 Å². The number of nitrogens with zero attached hydrogens (tertiary/aromatic N) is 2. The number of para-hydroxylation sites is 2. The molecule has 0 unspecified atom stereocenters. The zero-order valence-corrected chi connectivity index (χ0v) is 12.1. The molecule has 106 valence electrons. The molecule has 0 spiro atoms. The van der Waals surface area contributed by atoms with Gasteiger partial charge in [-0.15, -0.1) is 0 Å². The van der Waals surface area contributed by atoms with Crippen molar-refractivity contribution in [2.75, 3.05) is 53.2 Å². The monoisotopic (exact) mass is 265 g/mol. The van der Waals surface area contributed by atoms with E-state index in [4.69, 9.17) is 4.74 Å². The topological polar surface area (TPSA) is 44.8 Å². The summed E-state index contributed by atoms with van der Waals surface area (Å²) in [4.78, 5) is 15.6. The molecule has 1 rings (SSSR count). The van der Waals surface area contributed by atoms with Gasteiger partial charge in [-0.2, -0.15) is 0 Å². The maximum Gasteiger partial charge on any atom is 0.260 e. The van der Waals surface area contributed by atoms with E-state index < -0.39 is 0 Å². The first-order chi connectivity index (χ1) is 9.04. The van der Waals surface area contributed by atoms with Crippen molar-refractivity contribution in [3.63, 3.8) is 0 Å². The molecule has 5 nitrogen and oxygen atoms in total. The lowest BCUT2D eigenvalue weighted by atomic mass is 10.3. The van der Waals surface area contributed by atoms with Crippen LogP contribution in [0, 0.1) is 0 Å². The Hall–Kier alpha value is -1.75. The number of ether oxygens (including phenoxy) is 1. The molecule has 0 atom stereocenters. The van der Waals surface area contributed by atoms with Crippen molar-refractivity contribution in [2.45, 2.75) is 0 Å². The normalized spacial score (nSPS) is 10.4. The van der Waals surface area contributed by atoms with Gasteiger partial charge in [0.2, 0.25) is 0 Å². The smallest absolute Gasteiger partial charge is 0.260 e. The Kier molecular flexibility index (Phi) is 6.15. The summed E-state index contributed by atoms with van der Waals surface area (Å²) < 4.78 is 5.55. The molecule has 19 heavy (non-hydrogen) atoms. The van der Waals surface area contributed by atoms with Gasteiger partial charge < -0.3 is 19.9 Å². The number of rotatable bonds is 7. The third kappa shape index (κ3) is 5.18. The Morgan fingerprint density at radius 1 is 1.21 bits per heavy atom. The Morgan fingerprint density at radius 3 is 2.53 bits per heavy atom. The minimum atomic E-state index is -0.0206. The van der Waals surface area contributed by atoms with Gasteiger partial charge in [0.1, 0.15) is 5.75 Å². The van der Waals surface area contributed by atoms with E-state index in [1.54, 1.807) is 11.9 Å². The Morgan fingerprint density at radius 2 is 1.89 bits per heavy atom. The number of anilines is 1. The summed E-state index contributed by atoms with van der Waals surface area (Å²) in [5, 5.41) is 3.03. The lowest BCUT2D eigenvalue weighted by Crippen LogP contribution is -2.36. The van der Waals surface area contributed by atoms with Crippen molar-refractivity contribution in [3.05, 3.63) is 24.3 Å². The van der Waals surface area contributed by atoms with Crippen molar-refractivity contribution in [2.24, 2.45) is 0 Å². The molecule has 1 amide bonds. The highest BCUT2D eigenvalue weighted by molar-refractivity contribution is 5.77. The first-order valence-corrected chi connectivity index (χ1v) is 6.33. The number of hydrogen-bond acceptors (Lipinski definition) is 4. The second kappa shape index (κ2) is 7.63. The Bertz CT molecular complexity index is 407. The summed E-state index contributed by atoms with van der Waals surface area (Å²) in [6.45, 7) is 1.60. The van der Waals surface area contributed by atoms with Crippen molar-refractivity contribution in [1.82, 2.24) is 9.80 Å². The van der Waals surface area contributed by atoms with E-state index in [-0.39, 0.29) is 12.5 Å². The van der Waals surface area contributed by atoms with E-state index in [0.717, 1.165) is 12.2 Å². The standard InChI is InChI=1S/C14H23N3O2/c1-15-12-7-5-6-8-13(12)19-11-14(18)17(4)10-9-16(2)3/h5-8,15H,9-11H2,1-4H3. The first-order valence-electron chi connectivity index (χ1n) is 6.33. The number of hydrogen-bond donors (Lipinski definition) is 1. The fourth-order valence-corrected chi connectivity index (χ4v) is 1.52. The van der Waals surface area contributed by atoms with Gasteiger partial charge in [-0.1, -0.05) is 12.1 Å². The molecule has 0 aliphatic rings. The molecular weight excluding hydrogens is 242 g/mol. The number of carbonyl (C=O) groups is 1. The van der Waals surface area contributed by atoms with Crippen LogP contribution >= 0.6 is 0 Å². The van der Waals surface area contributed by atoms with E-state index in [9.17, 15) is 4.79 Å². The highest BCUT2D eigenvalue weighted by Gasteiger charge is 2.10. The van der Waals surface area contributed by atoms with Crippen LogP contribution in [0.25, 0.3) is 0 Å². The molecule has 0 saturated carbocycles. The second-order valence-corrected chi connectivity index (χ2v) is 4.65. The maximum absolute atomic E-state index is 11.9. The van der Waals surface area contributed by atoms with Crippen LogP contribution in [0.2, 0.25) is 0 Å². The van der Waals surface area contributed by atoms with Gasteiger partial charge in [-0.3, -0.25) is 4.79 Å². The molecule has 1 N–H and O–H groups in total. The van der Waals surface area contributed by atoms with Crippen molar-refractivity contribution in [1.29, 1.82) is 0 Å². The highest BCUT2D eigenvalue weighted by Crippen LogP contribution is 2.22. The van der Waals surface area contributed by atoms with E-state index in [0.29, 0.717) is 12.3 Å². The van der Waals surface area contributed by atoms with Gasteiger partial charge in [0.25, 0.3) is 5.91 Å². The predicted octanol–water partition coefficient (Wildman–Crippen LogP) is 1.13. The summed E-state index contributed by atoms with van der Waals surface area (Å²) >= 11 is 0. The molecule has 0 aromatic heterocycles. The molecule has 0 aliphatic carbocycles. The summed E-state index contributed by atoms with van der Waals surface area (Å²) in [5.41, 5.74) is 0.881. The highest BCUT2D eigenvalue weighted by atomic mass is 16.5. The third-order valence-electron chi connectivity index (χ3n) is 2.82. The molecule has 0 radical (unpaired) electrons. The molecule has 5 heteroatoms. The molecule has 0 saturated heterocycles. The molecule has 0 fully saturated rings. The van der Waals surface area contributed by atoms with Gasteiger partial charge in [-0.25, -0.2) is 0 Å². The molecule has 0 aliphatic heterocycles. The molecular formula is C14H23N3O2. The lowest BCUT2D eigenvalue weighted by molar-refractivity contribution is -0.132. The summed E-state index contributed by atoms with van der Waals surface area (Å²) in [6, 6.07) is 7.56. The van der Waals surface area contributed by atoms with Crippen LogP contribution in [-0.2, 0) is 4.79 Å². The fraction of sp³-hybridized carbons (Fsp3) is 0.500. The van der Waals surface area contributed by atoms with Gasteiger partial charge in [0.05, 0.1) is 5.69 Å². The Balaban J connectivity index is 2.45. The fourth-order valence-electron chi connectivity index (χ4n) is 1.52. The quantitative estimate of drug-likeness (QED) is 0.802. The van der Waals surface area contributed by atoms with Gasteiger partial charge in [0.15, 0.2) is 6.61 Å². The molecule has 0 bridgehead atoms. The van der Waals surface area contributed by atoms with Crippen LogP contribution in [0.3, 0.4) is 0 Å². The zero-order valence-electron chi connectivity index (χ0n) is 12.1. The SMILES string of the molecule is CNc1ccccc1OCC(=O)N(C)CCN(C)C. The maximum atomic E-state index is 11.9. The van der Waals surface area contributed by atoms with E-state index in [1.807, 2.05) is 50.3 Å². The number of benzene rings is 1. The first kappa shape index (κ1) is 15.3. The Labute approximate surface area is 115 Å². The van der Waals surface area contributed by atoms with E-state index in [2.05, 4.69) is 5.32 Å². The minimum Gasteiger partial charge on any atom is -0.482 e. The molecule has 1 aromatic carbocycles. The van der Waals surface area contributed by atoms with Crippen molar-refractivity contribution < 1.29 is 9.53 Å². The third-order valence-corrected chi connectivity index (χ3v) is 2.82. The summed E-state index contributed by atoms with van der Waals surface area (Å²) in [7, 11) is 7.59. The van der Waals surface area contributed by atoms with E-state index in [1.165, 1.54) is 0 Å². The average molecular weight is 265 g/mol. The van der Waals surface area contributed by atoms with Gasteiger partial charge in [-0.05, 0) is 26.2 Å². The second-order valence-electron chi connectivity index (χ2n) is 4.65. The van der Waals surface area contributed by atoms with Crippen LogP contribution in [-0.4, -0.2) is 63.6 Å².